The lowest BCUT2D eigenvalue weighted by atomic mass is 10.1. The van der Waals surface area contributed by atoms with Crippen molar-refractivity contribution in [1.82, 2.24) is 9.80 Å². The zero-order valence-corrected chi connectivity index (χ0v) is 9.71. The highest BCUT2D eigenvalue weighted by molar-refractivity contribution is 5.80. The zero-order chi connectivity index (χ0) is 12.8. The molecule has 6 nitrogen and oxygen atoms in total. The Kier molecular flexibility index (Phi) is 4.96. The fourth-order valence-corrected chi connectivity index (χ4v) is 1.79. The van der Waals surface area contributed by atoms with E-state index in [-0.39, 0.29) is 25.2 Å². The second kappa shape index (κ2) is 6.24. The highest BCUT2D eigenvalue weighted by atomic mass is 16.4. The lowest BCUT2D eigenvalue weighted by molar-refractivity contribution is -0.137. The number of urea groups is 1. The summed E-state index contributed by atoms with van der Waals surface area (Å²) in [6.45, 7) is 4.32. The molecule has 1 heterocycles. The number of carbonyl (C=O) groups excluding carboxylic acids is 1. The molecule has 0 bridgehead atoms. The molecule has 0 atom stereocenters. The molecule has 1 fully saturated rings. The van der Waals surface area contributed by atoms with Crippen molar-refractivity contribution in [3.8, 4) is 0 Å². The maximum atomic E-state index is 12.0. The molecule has 2 N–H and O–H groups in total. The Bertz CT molecular complexity index is 298. The molecule has 1 aliphatic rings. The molecule has 17 heavy (non-hydrogen) atoms. The Balaban J connectivity index is 2.57. The summed E-state index contributed by atoms with van der Waals surface area (Å²) >= 11 is 0. The van der Waals surface area contributed by atoms with E-state index in [0.29, 0.717) is 25.9 Å². The van der Waals surface area contributed by atoms with Gasteiger partial charge in [0, 0.05) is 19.6 Å². The van der Waals surface area contributed by atoms with Crippen molar-refractivity contribution in [2.24, 2.45) is 0 Å². The van der Waals surface area contributed by atoms with E-state index in [9.17, 15) is 14.7 Å². The van der Waals surface area contributed by atoms with Crippen LogP contribution in [0.5, 0.6) is 0 Å². The first-order valence-electron chi connectivity index (χ1n) is 5.59. The van der Waals surface area contributed by atoms with E-state index < -0.39 is 5.97 Å². The maximum absolute atomic E-state index is 12.0. The Morgan fingerprint density at radius 1 is 1.41 bits per heavy atom. The van der Waals surface area contributed by atoms with Crippen molar-refractivity contribution in [2.75, 3.05) is 26.2 Å². The minimum Gasteiger partial charge on any atom is -0.480 e. The number of nitrogens with zero attached hydrogens (tertiary/aromatic N) is 2. The van der Waals surface area contributed by atoms with Gasteiger partial charge in [0.2, 0.25) is 0 Å². The number of rotatable bonds is 4. The van der Waals surface area contributed by atoms with E-state index in [1.54, 1.807) is 4.90 Å². The van der Waals surface area contributed by atoms with Gasteiger partial charge in [-0.3, -0.25) is 4.79 Å². The van der Waals surface area contributed by atoms with Crippen LogP contribution in [0.15, 0.2) is 12.7 Å². The highest BCUT2D eigenvalue weighted by Gasteiger charge is 2.25. The third kappa shape index (κ3) is 4.07. The summed E-state index contributed by atoms with van der Waals surface area (Å²) in [5.74, 6) is -1.04. The van der Waals surface area contributed by atoms with E-state index in [0.717, 1.165) is 0 Å². The number of likely N-dealkylation sites (tertiary alicyclic amines) is 1. The number of aliphatic hydroxyl groups is 1. The third-order valence-corrected chi connectivity index (χ3v) is 2.68. The molecule has 0 spiro atoms. The van der Waals surface area contributed by atoms with Crippen molar-refractivity contribution in [3.05, 3.63) is 12.7 Å². The summed E-state index contributed by atoms with van der Waals surface area (Å²) in [6, 6.07) is -0.306. The lowest BCUT2D eigenvalue weighted by Crippen LogP contribution is -2.49. The van der Waals surface area contributed by atoms with Crippen LogP contribution < -0.4 is 0 Å². The molecule has 0 aromatic carbocycles. The summed E-state index contributed by atoms with van der Waals surface area (Å²) in [5.41, 5.74) is 0. The average molecular weight is 242 g/mol. The highest BCUT2D eigenvalue weighted by Crippen LogP contribution is 2.12. The van der Waals surface area contributed by atoms with Crippen LogP contribution in [0, 0.1) is 0 Å². The topological polar surface area (TPSA) is 81.1 Å². The van der Waals surface area contributed by atoms with Gasteiger partial charge in [0.15, 0.2) is 0 Å². The largest absolute Gasteiger partial charge is 0.480 e. The van der Waals surface area contributed by atoms with Gasteiger partial charge in [0.25, 0.3) is 0 Å². The number of aliphatic carboxylic acids is 1. The molecule has 2 amide bonds. The van der Waals surface area contributed by atoms with E-state index in [1.165, 1.54) is 11.0 Å². The van der Waals surface area contributed by atoms with Crippen molar-refractivity contribution >= 4 is 12.0 Å². The van der Waals surface area contributed by atoms with Gasteiger partial charge in [0.05, 0.1) is 6.10 Å². The summed E-state index contributed by atoms with van der Waals surface area (Å²) in [5, 5.41) is 18.0. The molecular formula is C11H18N2O4. The van der Waals surface area contributed by atoms with Gasteiger partial charge in [-0.05, 0) is 12.8 Å². The third-order valence-electron chi connectivity index (χ3n) is 2.68. The van der Waals surface area contributed by atoms with E-state index in [4.69, 9.17) is 5.11 Å². The van der Waals surface area contributed by atoms with Crippen molar-refractivity contribution in [1.29, 1.82) is 0 Å². The number of hydrogen-bond donors (Lipinski definition) is 2. The smallest absolute Gasteiger partial charge is 0.323 e. The van der Waals surface area contributed by atoms with Gasteiger partial charge in [-0.25, -0.2) is 4.79 Å². The fraction of sp³-hybridized carbons (Fsp3) is 0.636. The van der Waals surface area contributed by atoms with Gasteiger partial charge in [-0.1, -0.05) is 6.08 Å². The first-order valence-corrected chi connectivity index (χ1v) is 5.59. The predicted octanol–water partition coefficient (Wildman–Crippen LogP) is 0.136. The second-order valence-corrected chi connectivity index (χ2v) is 4.06. The number of carboxylic acid groups (broad SMARTS) is 1. The average Bonchev–Trinajstić information content (AvgIpc) is 2.28. The van der Waals surface area contributed by atoms with Crippen LogP contribution in [0.4, 0.5) is 4.79 Å². The molecule has 0 aromatic rings. The Labute approximate surface area is 100 Å². The minimum absolute atomic E-state index is 0.212. The summed E-state index contributed by atoms with van der Waals surface area (Å²) in [7, 11) is 0. The number of carboxylic acids is 1. The molecule has 1 saturated heterocycles. The number of aliphatic hydroxyl groups excluding tert-OH is 1. The second-order valence-electron chi connectivity index (χ2n) is 4.06. The van der Waals surface area contributed by atoms with Crippen LogP contribution in [0.25, 0.3) is 0 Å². The number of hydrogen-bond acceptors (Lipinski definition) is 3. The summed E-state index contributed by atoms with van der Waals surface area (Å²) in [6.07, 6.45) is 2.23. The van der Waals surface area contributed by atoms with Crippen LogP contribution in [0.2, 0.25) is 0 Å². The van der Waals surface area contributed by atoms with Crippen LogP contribution in [0.1, 0.15) is 12.8 Å². The fourth-order valence-electron chi connectivity index (χ4n) is 1.79. The molecule has 6 heteroatoms. The van der Waals surface area contributed by atoms with Crippen molar-refractivity contribution in [2.45, 2.75) is 18.9 Å². The molecular weight excluding hydrogens is 224 g/mol. The molecule has 1 rings (SSSR count). The minimum atomic E-state index is -1.04. The van der Waals surface area contributed by atoms with E-state index in [1.807, 2.05) is 0 Å². The Morgan fingerprint density at radius 2 is 2.00 bits per heavy atom. The quantitative estimate of drug-likeness (QED) is 0.687. The zero-order valence-electron chi connectivity index (χ0n) is 9.71. The molecule has 0 radical (unpaired) electrons. The van der Waals surface area contributed by atoms with Crippen molar-refractivity contribution in [3.63, 3.8) is 0 Å². The van der Waals surface area contributed by atoms with Gasteiger partial charge < -0.3 is 20.0 Å². The first kappa shape index (κ1) is 13.5. The number of amides is 2. The molecule has 0 unspecified atom stereocenters. The monoisotopic (exact) mass is 242 g/mol. The molecule has 0 saturated carbocycles. The summed E-state index contributed by atoms with van der Waals surface area (Å²) < 4.78 is 0. The molecule has 0 aliphatic carbocycles. The molecule has 96 valence electrons. The van der Waals surface area contributed by atoms with Gasteiger partial charge in [-0.15, -0.1) is 6.58 Å². The Morgan fingerprint density at radius 3 is 2.47 bits per heavy atom. The summed E-state index contributed by atoms with van der Waals surface area (Å²) in [4.78, 5) is 25.4. The van der Waals surface area contributed by atoms with Gasteiger partial charge in [-0.2, -0.15) is 0 Å². The van der Waals surface area contributed by atoms with Gasteiger partial charge in [0.1, 0.15) is 6.54 Å². The lowest BCUT2D eigenvalue weighted by Gasteiger charge is -2.33. The van der Waals surface area contributed by atoms with Crippen molar-refractivity contribution < 1.29 is 19.8 Å². The molecule has 1 aliphatic heterocycles. The SMILES string of the molecule is C=CCN(CC(=O)O)C(=O)N1CCC(O)CC1. The first-order chi connectivity index (χ1) is 8.04. The van der Waals surface area contributed by atoms with E-state index >= 15 is 0 Å². The number of piperidine rings is 1. The maximum Gasteiger partial charge on any atom is 0.323 e. The molecule has 0 aromatic heterocycles. The Hall–Kier alpha value is -1.56. The van der Waals surface area contributed by atoms with Crippen LogP contribution in [-0.4, -0.2) is 64.3 Å². The standard InChI is InChI=1S/C11H18N2O4/c1-2-5-13(8-10(15)16)11(17)12-6-3-9(14)4-7-12/h2,9,14H,1,3-8H2,(H,15,16). The van der Waals surface area contributed by atoms with Gasteiger partial charge >= 0.3 is 12.0 Å². The van der Waals surface area contributed by atoms with Crippen LogP contribution >= 0.6 is 0 Å². The van der Waals surface area contributed by atoms with E-state index in [2.05, 4.69) is 6.58 Å². The predicted molar refractivity (Wildman–Crippen MR) is 61.6 cm³/mol. The number of carbonyl (C=O) groups is 2. The van der Waals surface area contributed by atoms with Crippen LogP contribution in [-0.2, 0) is 4.79 Å². The normalized spacial score (nSPS) is 16.6. The van der Waals surface area contributed by atoms with Crippen LogP contribution in [0.3, 0.4) is 0 Å².